The first-order valence-electron chi connectivity index (χ1n) is 5.06. The fraction of sp³-hybridized carbons (Fsp3) is 0.364. The highest BCUT2D eigenvalue weighted by molar-refractivity contribution is 7.84. The van der Waals surface area contributed by atoms with Gasteiger partial charge in [-0.1, -0.05) is 0 Å². The van der Waals surface area contributed by atoms with Gasteiger partial charge in [0, 0.05) is 34.5 Å². The number of hydrogen-bond donors (Lipinski definition) is 2. The van der Waals surface area contributed by atoms with E-state index in [0.29, 0.717) is 5.75 Å². The van der Waals surface area contributed by atoms with Gasteiger partial charge in [-0.3, -0.25) is 9.00 Å². The Morgan fingerprint density at radius 2 is 2.24 bits per heavy atom. The number of carbonyl (C=O) groups excluding carboxylic acids is 1. The molecular formula is C11H15FN2O2S. The van der Waals surface area contributed by atoms with Crippen molar-refractivity contribution in [3.05, 3.63) is 29.6 Å². The minimum atomic E-state index is -0.998. The van der Waals surface area contributed by atoms with Crippen molar-refractivity contribution in [3.63, 3.8) is 0 Å². The van der Waals surface area contributed by atoms with Crippen LogP contribution in [0.2, 0.25) is 0 Å². The van der Waals surface area contributed by atoms with Gasteiger partial charge < -0.3 is 11.1 Å². The highest BCUT2D eigenvalue weighted by atomic mass is 32.2. The summed E-state index contributed by atoms with van der Waals surface area (Å²) in [6.45, 7) is 1.73. The third-order valence-electron chi connectivity index (χ3n) is 2.12. The molecule has 4 nitrogen and oxygen atoms in total. The van der Waals surface area contributed by atoms with E-state index in [-0.39, 0.29) is 17.3 Å². The molecule has 1 aromatic rings. The summed E-state index contributed by atoms with van der Waals surface area (Å²) in [5.74, 6) is -0.628. The zero-order chi connectivity index (χ0) is 13.0. The lowest BCUT2D eigenvalue weighted by Gasteiger charge is -2.13. The van der Waals surface area contributed by atoms with Crippen LogP contribution in [0.4, 0.5) is 10.1 Å². The van der Waals surface area contributed by atoms with E-state index >= 15 is 0 Å². The Bertz CT molecular complexity index is 451. The molecule has 6 heteroatoms. The van der Waals surface area contributed by atoms with Crippen LogP contribution < -0.4 is 11.1 Å². The predicted molar refractivity (Wildman–Crippen MR) is 66.7 cm³/mol. The van der Waals surface area contributed by atoms with Gasteiger partial charge >= 0.3 is 0 Å². The maximum absolute atomic E-state index is 13.0. The molecule has 0 heterocycles. The third-order valence-corrected chi connectivity index (χ3v) is 3.09. The fourth-order valence-electron chi connectivity index (χ4n) is 1.42. The number of rotatable bonds is 4. The van der Waals surface area contributed by atoms with Gasteiger partial charge in [-0.15, -0.1) is 0 Å². The first kappa shape index (κ1) is 13.6. The molecular weight excluding hydrogens is 243 g/mol. The standard InChI is InChI=1S/C11H15FN2O2S/c1-7(6-17(2)16)14-11(15)9-5-8(12)3-4-10(9)13/h3-5,7H,6,13H2,1-2H3,(H,14,15). The summed E-state index contributed by atoms with van der Waals surface area (Å²) in [7, 11) is -0.998. The smallest absolute Gasteiger partial charge is 0.253 e. The van der Waals surface area contributed by atoms with Gasteiger partial charge in [0.2, 0.25) is 0 Å². The monoisotopic (exact) mass is 258 g/mol. The van der Waals surface area contributed by atoms with Gasteiger partial charge in [-0.05, 0) is 25.1 Å². The van der Waals surface area contributed by atoms with Crippen molar-refractivity contribution in [2.45, 2.75) is 13.0 Å². The van der Waals surface area contributed by atoms with Crippen molar-refractivity contribution >= 4 is 22.4 Å². The lowest BCUT2D eigenvalue weighted by molar-refractivity contribution is 0.0944. The number of amides is 1. The first-order chi connectivity index (χ1) is 7.90. The average Bonchev–Trinajstić information content (AvgIpc) is 2.20. The summed E-state index contributed by atoms with van der Waals surface area (Å²) in [6.07, 6.45) is 1.55. The summed E-state index contributed by atoms with van der Waals surface area (Å²) in [5.41, 5.74) is 5.89. The second-order valence-electron chi connectivity index (χ2n) is 3.85. The molecule has 2 atom stereocenters. The Balaban J connectivity index is 2.76. The normalized spacial score (nSPS) is 14.1. The topological polar surface area (TPSA) is 72.2 Å². The molecule has 0 aromatic heterocycles. The van der Waals surface area contributed by atoms with E-state index in [2.05, 4.69) is 5.32 Å². The Morgan fingerprint density at radius 3 is 2.82 bits per heavy atom. The van der Waals surface area contributed by atoms with Gasteiger partial charge in [-0.2, -0.15) is 0 Å². The Morgan fingerprint density at radius 1 is 1.59 bits per heavy atom. The van der Waals surface area contributed by atoms with Gasteiger partial charge in [0.15, 0.2) is 0 Å². The number of nitrogen functional groups attached to an aromatic ring is 1. The van der Waals surface area contributed by atoms with Crippen molar-refractivity contribution in [1.82, 2.24) is 5.32 Å². The Labute approximate surface area is 102 Å². The quantitative estimate of drug-likeness (QED) is 0.788. The molecule has 0 radical (unpaired) electrons. The zero-order valence-corrected chi connectivity index (χ0v) is 10.5. The van der Waals surface area contributed by atoms with Crippen LogP contribution in [0.25, 0.3) is 0 Å². The number of benzene rings is 1. The minimum Gasteiger partial charge on any atom is -0.398 e. The van der Waals surface area contributed by atoms with Gasteiger partial charge in [-0.25, -0.2) is 4.39 Å². The molecule has 1 aromatic carbocycles. The molecule has 17 heavy (non-hydrogen) atoms. The van der Waals surface area contributed by atoms with Crippen LogP contribution >= 0.6 is 0 Å². The molecule has 0 aliphatic carbocycles. The fourth-order valence-corrected chi connectivity index (χ4v) is 2.21. The number of nitrogens with two attached hydrogens (primary N) is 1. The van der Waals surface area contributed by atoms with Crippen LogP contribution in [-0.2, 0) is 10.8 Å². The van der Waals surface area contributed by atoms with E-state index in [1.54, 1.807) is 13.2 Å². The van der Waals surface area contributed by atoms with Gasteiger partial charge in [0.05, 0.1) is 5.56 Å². The summed E-state index contributed by atoms with van der Waals surface area (Å²) >= 11 is 0. The van der Waals surface area contributed by atoms with Crippen molar-refractivity contribution in [1.29, 1.82) is 0 Å². The highest BCUT2D eigenvalue weighted by Crippen LogP contribution is 2.13. The van der Waals surface area contributed by atoms with Crippen LogP contribution in [0, 0.1) is 5.82 Å². The maximum atomic E-state index is 13.0. The van der Waals surface area contributed by atoms with E-state index in [1.807, 2.05) is 0 Å². The summed E-state index contributed by atoms with van der Waals surface area (Å²) in [4.78, 5) is 11.8. The van der Waals surface area contributed by atoms with Crippen LogP contribution in [-0.4, -0.2) is 28.2 Å². The van der Waals surface area contributed by atoms with E-state index in [4.69, 9.17) is 5.73 Å². The average molecular weight is 258 g/mol. The highest BCUT2D eigenvalue weighted by Gasteiger charge is 2.14. The molecule has 0 saturated heterocycles. The van der Waals surface area contributed by atoms with Gasteiger partial charge in [0.1, 0.15) is 5.82 Å². The molecule has 2 unspecified atom stereocenters. The number of halogens is 1. The molecule has 0 spiro atoms. The van der Waals surface area contributed by atoms with Crippen LogP contribution in [0.3, 0.4) is 0 Å². The number of carbonyl (C=O) groups is 1. The number of anilines is 1. The van der Waals surface area contributed by atoms with Crippen molar-refractivity contribution < 1.29 is 13.4 Å². The Hall–Kier alpha value is -1.43. The molecule has 1 amide bonds. The van der Waals surface area contributed by atoms with E-state index < -0.39 is 22.5 Å². The second-order valence-corrected chi connectivity index (χ2v) is 5.33. The SMILES string of the molecule is CC(CS(C)=O)NC(=O)c1cc(F)ccc1N. The molecule has 1 rings (SSSR count). The maximum Gasteiger partial charge on any atom is 0.253 e. The third kappa shape index (κ3) is 4.14. The van der Waals surface area contributed by atoms with Crippen LogP contribution in [0.15, 0.2) is 18.2 Å². The molecule has 0 bridgehead atoms. The molecule has 3 N–H and O–H groups in total. The zero-order valence-electron chi connectivity index (χ0n) is 9.70. The summed E-state index contributed by atoms with van der Waals surface area (Å²) < 4.78 is 23.9. The van der Waals surface area contributed by atoms with E-state index in [9.17, 15) is 13.4 Å². The lowest BCUT2D eigenvalue weighted by Crippen LogP contribution is -2.36. The largest absolute Gasteiger partial charge is 0.398 e. The molecule has 0 aliphatic heterocycles. The van der Waals surface area contributed by atoms with E-state index in [1.165, 1.54) is 12.1 Å². The Kier molecular flexibility index (Phi) is 4.62. The van der Waals surface area contributed by atoms with Crippen molar-refractivity contribution in [3.8, 4) is 0 Å². The summed E-state index contributed by atoms with van der Waals surface area (Å²) in [6, 6.07) is 3.36. The van der Waals surface area contributed by atoms with E-state index in [0.717, 1.165) is 6.07 Å². The van der Waals surface area contributed by atoms with Crippen molar-refractivity contribution in [2.75, 3.05) is 17.7 Å². The number of nitrogens with one attached hydrogen (secondary N) is 1. The molecule has 0 saturated carbocycles. The van der Waals surface area contributed by atoms with Crippen LogP contribution in [0.1, 0.15) is 17.3 Å². The predicted octanol–water partition coefficient (Wildman–Crippen LogP) is 0.905. The lowest BCUT2D eigenvalue weighted by atomic mass is 10.1. The molecule has 0 aliphatic rings. The first-order valence-corrected chi connectivity index (χ1v) is 6.78. The minimum absolute atomic E-state index is 0.0961. The van der Waals surface area contributed by atoms with Gasteiger partial charge in [0.25, 0.3) is 5.91 Å². The second kappa shape index (κ2) is 5.77. The molecule has 94 valence electrons. The number of hydrogen-bond acceptors (Lipinski definition) is 3. The summed E-state index contributed by atoms with van der Waals surface area (Å²) in [5, 5.41) is 2.62. The van der Waals surface area contributed by atoms with Crippen LogP contribution in [0.5, 0.6) is 0 Å². The van der Waals surface area contributed by atoms with Crippen molar-refractivity contribution in [2.24, 2.45) is 0 Å². The molecule has 0 fully saturated rings.